The van der Waals surface area contributed by atoms with Crippen LogP contribution in [0.5, 0.6) is 5.75 Å². The van der Waals surface area contributed by atoms with Gasteiger partial charge in [0.15, 0.2) is 0 Å². The number of rotatable bonds is 6. The van der Waals surface area contributed by atoms with Gasteiger partial charge < -0.3 is 19.2 Å². The minimum Gasteiger partial charge on any atom is -0.496 e. The summed E-state index contributed by atoms with van der Waals surface area (Å²) >= 11 is 0. The molecule has 0 amide bonds. The number of fused-ring (bicyclic) bond motifs is 1. The van der Waals surface area contributed by atoms with Gasteiger partial charge >= 0.3 is 11.9 Å². The first-order valence-electron chi connectivity index (χ1n) is 10.8. The molecule has 0 bridgehead atoms. The number of H-pyrrole nitrogens is 1. The van der Waals surface area contributed by atoms with E-state index in [9.17, 15) is 9.59 Å². The highest BCUT2D eigenvalue weighted by Crippen LogP contribution is 2.36. The third-order valence-electron chi connectivity index (χ3n) is 5.43. The molecule has 2 aromatic carbocycles. The van der Waals surface area contributed by atoms with Crippen molar-refractivity contribution in [3.63, 3.8) is 0 Å². The smallest absolute Gasteiger partial charge is 0.337 e. The van der Waals surface area contributed by atoms with E-state index in [4.69, 9.17) is 14.2 Å². The van der Waals surface area contributed by atoms with Crippen molar-refractivity contribution < 1.29 is 23.8 Å². The zero-order valence-corrected chi connectivity index (χ0v) is 20.2. The number of hydrogen-bond donors (Lipinski definition) is 1. The Morgan fingerprint density at radius 3 is 2.39 bits per heavy atom. The normalized spacial score (nSPS) is 13.0. The van der Waals surface area contributed by atoms with Gasteiger partial charge in [-0.05, 0) is 69.2 Å². The van der Waals surface area contributed by atoms with Crippen LogP contribution in [0.1, 0.15) is 67.6 Å². The molecule has 0 fully saturated rings. The molecule has 0 saturated carbocycles. The van der Waals surface area contributed by atoms with E-state index in [0.29, 0.717) is 16.9 Å². The maximum Gasteiger partial charge on any atom is 0.337 e. The van der Waals surface area contributed by atoms with Crippen molar-refractivity contribution >= 4 is 28.9 Å². The zero-order valence-electron chi connectivity index (χ0n) is 20.2. The first-order valence-corrected chi connectivity index (χ1v) is 10.8. The molecule has 0 spiro atoms. The number of nitrogens with one attached hydrogen (secondary N) is 1. The average molecular weight is 450 g/mol. The molecule has 0 aliphatic heterocycles. The molecule has 0 aliphatic carbocycles. The highest BCUT2D eigenvalue weighted by atomic mass is 16.6. The summed E-state index contributed by atoms with van der Waals surface area (Å²) in [5, 5.41) is 1.05. The lowest BCUT2D eigenvalue weighted by Gasteiger charge is -2.19. The summed E-state index contributed by atoms with van der Waals surface area (Å²) in [6, 6.07) is 11.4. The van der Waals surface area contributed by atoms with Crippen LogP contribution >= 0.6 is 0 Å². The molecule has 0 radical (unpaired) electrons. The van der Waals surface area contributed by atoms with Gasteiger partial charge in [0.25, 0.3) is 0 Å². The number of hydrogen-bond acceptors (Lipinski definition) is 5. The minimum absolute atomic E-state index is 0.00780. The second-order valence-corrected chi connectivity index (χ2v) is 9.05. The summed E-state index contributed by atoms with van der Waals surface area (Å²) in [6.07, 6.45) is 3.82. The Balaban J connectivity index is 1.97. The number of aromatic nitrogens is 1. The van der Waals surface area contributed by atoms with Gasteiger partial charge in [-0.1, -0.05) is 19.1 Å². The first-order chi connectivity index (χ1) is 15.5. The van der Waals surface area contributed by atoms with Crippen molar-refractivity contribution in [1.82, 2.24) is 4.98 Å². The second kappa shape index (κ2) is 9.53. The topological polar surface area (TPSA) is 77.6 Å². The number of carbonyl (C=O) groups is 2. The highest BCUT2D eigenvalue weighted by molar-refractivity contribution is 5.95. The lowest BCUT2D eigenvalue weighted by atomic mass is 9.91. The van der Waals surface area contributed by atoms with Gasteiger partial charge in [-0.25, -0.2) is 9.59 Å². The second-order valence-electron chi connectivity index (χ2n) is 9.05. The van der Waals surface area contributed by atoms with Crippen molar-refractivity contribution in [1.29, 1.82) is 0 Å². The maximum absolute atomic E-state index is 12.4. The van der Waals surface area contributed by atoms with Crippen LogP contribution in [-0.2, 0) is 14.3 Å². The maximum atomic E-state index is 12.4. The summed E-state index contributed by atoms with van der Waals surface area (Å²) in [5.74, 6) is -0.125. The highest BCUT2D eigenvalue weighted by Gasteiger charge is 2.20. The van der Waals surface area contributed by atoms with Crippen LogP contribution in [0, 0.1) is 0 Å². The molecule has 3 rings (SSSR count). The molecule has 33 heavy (non-hydrogen) atoms. The van der Waals surface area contributed by atoms with Crippen LogP contribution in [0.15, 0.2) is 48.2 Å². The Kier molecular flexibility index (Phi) is 6.96. The number of methoxy groups -OCH3 is 2. The van der Waals surface area contributed by atoms with Gasteiger partial charge in [-0.3, -0.25) is 0 Å². The summed E-state index contributed by atoms with van der Waals surface area (Å²) in [7, 11) is 2.94. The van der Waals surface area contributed by atoms with Crippen molar-refractivity contribution in [3.8, 4) is 5.75 Å². The van der Waals surface area contributed by atoms with Crippen LogP contribution in [0.4, 0.5) is 0 Å². The number of esters is 2. The molecule has 1 unspecified atom stereocenters. The molecule has 1 heterocycles. The van der Waals surface area contributed by atoms with Crippen LogP contribution in [-0.4, -0.2) is 36.7 Å². The number of ether oxygens (including phenoxy) is 3. The summed E-state index contributed by atoms with van der Waals surface area (Å²) in [5.41, 5.74) is 4.38. The molecule has 1 atom stereocenters. The minimum atomic E-state index is -0.540. The number of benzene rings is 2. The van der Waals surface area contributed by atoms with Gasteiger partial charge in [0.1, 0.15) is 11.4 Å². The zero-order chi connectivity index (χ0) is 24.3. The van der Waals surface area contributed by atoms with E-state index < -0.39 is 11.6 Å². The fourth-order valence-electron chi connectivity index (χ4n) is 3.76. The monoisotopic (exact) mass is 449 g/mol. The predicted octanol–water partition coefficient (Wildman–Crippen LogP) is 5.86. The quantitative estimate of drug-likeness (QED) is 0.377. The Labute approximate surface area is 194 Å². The van der Waals surface area contributed by atoms with Gasteiger partial charge in [-0.15, -0.1) is 0 Å². The van der Waals surface area contributed by atoms with E-state index in [-0.39, 0.29) is 11.9 Å². The van der Waals surface area contributed by atoms with Crippen molar-refractivity contribution in [2.24, 2.45) is 0 Å². The molecule has 0 aliphatic rings. The number of carbonyl (C=O) groups excluding carboxylic acids is 2. The van der Waals surface area contributed by atoms with Gasteiger partial charge in [-0.2, -0.15) is 0 Å². The van der Waals surface area contributed by atoms with E-state index in [1.54, 1.807) is 26.2 Å². The molecule has 6 heteroatoms. The van der Waals surface area contributed by atoms with Gasteiger partial charge in [0.05, 0.1) is 19.8 Å². The summed E-state index contributed by atoms with van der Waals surface area (Å²) in [6.45, 7) is 9.40. The van der Waals surface area contributed by atoms with Crippen molar-refractivity contribution in [2.75, 3.05) is 14.2 Å². The van der Waals surface area contributed by atoms with E-state index >= 15 is 0 Å². The van der Waals surface area contributed by atoms with Crippen molar-refractivity contribution in [2.45, 2.75) is 46.1 Å². The third-order valence-corrected chi connectivity index (χ3v) is 5.43. The molecule has 0 saturated heterocycles. The molecule has 1 N–H and O–H groups in total. The van der Waals surface area contributed by atoms with Crippen LogP contribution in [0.3, 0.4) is 0 Å². The SMILES string of the molecule is COC(=O)c1ccc(C(C)c2c[nH]c3ccc(/C=C(\C)C(=O)OC(C)(C)C)cc23)c(OC)c1. The van der Waals surface area contributed by atoms with Crippen LogP contribution in [0.25, 0.3) is 17.0 Å². The van der Waals surface area contributed by atoms with Gasteiger partial charge in [0.2, 0.25) is 0 Å². The lowest BCUT2D eigenvalue weighted by molar-refractivity contribution is -0.149. The third kappa shape index (κ3) is 5.45. The van der Waals surface area contributed by atoms with E-state index in [0.717, 1.165) is 27.6 Å². The molecule has 6 nitrogen and oxygen atoms in total. The van der Waals surface area contributed by atoms with Gasteiger partial charge in [0, 0.05) is 34.2 Å². The lowest BCUT2D eigenvalue weighted by Crippen LogP contribution is -2.24. The summed E-state index contributed by atoms with van der Waals surface area (Å²) < 4.78 is 15.9. The Morgan fingerprint density at radius 1 is 1.03 bits per heavy atom. The summed E-state index contributed by atoms with van der Waals surface area (Å²) in [4.78, 5) is 27.6. The molecule has 3 aromatic rings. The van der Waals surface area contributed by atoms with E-state index in [2.05, 4.69) is 18.0 Å². The van der Waals surface area contributed by atoms with E-state index in [1.165, 1.54) is 7.11 Å². The average Bonchev–Trinajstić information content (AvgIpc) is 3.19. The largest absolute Gasteiger partial charge is 0.496 e. The van der Waals surface area contributed by atoms with Crippen molar-refractivity contribution in [3.05, 3.63) is 70.4 Å². The Bertz CT molecular complexity index is 1210. The molecule has 1 aromatic heterocycles. The predicted molar refractivity (Wildman–Crippen MR) is 130 cm³/mol. The molecular weight excluding hydrogens is 418 g/mol. The standard InChI is InChI=1S/C27H31NO5/c1-16(25(29)33-27(3,4)5)12-18-8-11-23-21(13-18)22(15-28-23)17(2)20-10-9-19(26(30)32-7)14-24(20)31-6/h8-15,17,28H,1-7H3/b16-12+. The Morgan fingerprint density at radius 2 is 1.76 bits per heavy atom. The fourth-order valence-corrected chi connectivity index (χ4v) is 3.76. The molecular formula is C27H31NO5. The fraction of sp³-hybridized carbons (Fsp3) is 0.333. The van der Waals surface area contributed by atoms with E-state index in [1.807, 2.05) is 51.2 Å². The first kappa shape index (κ1) is 24.1. The van der Waals surface area contributed by atoms with Crippen LogP contribution < -0.4 is 4.74 Å². The Hall–Kier alpha value is -3.54. The number of aromatic amines is 1. The van der Waals surface area contributed by atoms with Crippen LogP contribution in [0.2, 0.25) is 0 Å². The molecule has 174 valence electrons.